The molecule has 1 aromatic rings. The number of hydrogen-bond acceptors (Lipinski definition) is 6. The highest BCUT2D eigenvalue weighted by Gasteiger charge is 2.27. The van der Waals surface area contributed by atoms with E-state index < -0.39 is 44.5 Å². The summed E-state index contributed by atoms with van der Waals surface area (Å²) in [4.78, 5) is 59.6. The van der Waals surface area contributed by atoms with Gasteiger partial charge in [-0.3, -0.25) is 14.4 Å². The number of benzene rings is 1. The maximum atomic E-state index is 12.8. The quantitative estimate of drug-likeness (QED) is 0.218. The van der Waals surface area contributed by atoms with Gasteiger partial charge in [-0.25, -0.2) is 9.59 Å². The van der Waals surface area contributed by atoms with Gasteiger partial charge >= 0.3 is 18.0 Å². The highest BCUT2D eigenvalue weighted by Crippen LogP contribution is 2.47. The Bertz CT molecular complexity index is 876. The molecule has 2 atom stereocenters. The maximum Gasteiger partial charge on any atom is 0.408 e. The van der Waals surface area contributed by atoms with Crippen LogP contribution in [0.1, 0.15) is 44.1 Å². The van der Waals surface area contributed by atoms with Crippen LogP contribution in [0.15, 0.2) is 30.3 Å². The Morgan fingerprint density at radius 2 is 1.60 bits per heavy atom. The normalized spacial score (nSPS) is 13.2. The molecule has 0 fully saturated rings. The van der Waals surface area contributed by atoms with Gasteiger partial charge in [0.2, 0.25) is 5.91 Å². The number of unbranched alkanes of at least 4 members (excludes halogenated alkanes) is 1. The first-order valence-electron chi connectivity index (χ1n) is 11.0. The van der Waals surface area contributed by atoms with Crippen LogP contribution < -0.4 is 10.6 Å². The van der Waals surface area contributed by atoms with Crippen molar-refractivity contribution in [3.63, 3.8) is 0 Å². The van der Waals surface area contributed by atoms with Crippen molar-refractivity contribution in [3.8, 4) is 0 Å². The first kappa shape index (κ1) is 30.4. The van der Waals surface area contributed by atoms with Gasteiger partial charge in [0, 0.05) is 18.6 Å². The summed E-state index contributed by atoms with van der Waals surface area (Å²) in [6.07, 6.45) is 3.41. The van der Waals surface area contributed by atoms with Gasteiger partial charge in [-0.15, -0.1) is 0 Å². The van der Waals surface area contributed by atoms with Gasteiger partial charge in [-0.2, -0.15) is 8.46 Å². The number of carbonyl (C=O) groups excluding carboxylic acids is 3. The van der Waals surface area contributed by atoms with E-state index in [-0.39, 0.29) is 50.2 Å². The van der Waals surface area contributed by atoms with Crippen molar-refractivity contribution in [2.24, 2.45) is 0 Å². The monoisotopic (exact) mass is 576 g/mol. The summed E-state index contributed by atoms with van der Waals surface area (Å²) in [5.74, 6) is -2.86. The molecule has 0 aromatic heterocycles. The molecular formula is C23H33BrN2O8S. The van der Waals surface area contributed by atoms with Crippen LogP contribution in [0.5, 0.6) is 0 Å². The van der Waals surface area contributed by atoms with E-state index in [2.05, 4.69) is 25.4 Å². The van der Waals surface area contributed by atoms with Crippen molar-refractivity contribution in [3.05, 3.63) is 35.9 Å². The third kappa shape index (κ3) is 14.4. The fraction of sp³-hybridized carbons (Fsp3) is 0.522. The predicted octanol–water partition coefficient (Wildman–Crippen LogP) is 3.22. The highest BCUT2D eigenvalue weighted by molar-refractivity contribution is 9.58. The van der Waals surface area contributed by atoms with Crippen molar-refractivity contribution in [1.29, 1.82) is 0 Å². The molecule has 2 amide bonds. The van der Waals surface area contributed by atoms with Crippen LogP contribution in [0, 0.1) is 0 Å². The third-order valence-corrected chi connectivity index (χ3v) is 6.48. The zero-order valence-electron chi connectivity index (χ0n) is 19.8. The number of rotatable bonds is 16. The van der Waals surface area contributed by atoms with Crippen LogP contribution >= 0.6 is 23.3 Å². The smallest absolute Gasteiger partial charge is 0.408 e. The lowest BCUT2D eigenvalue weighted by atomic mass is 10.1. The zero-order valence-corrected chi connectivity index (χ0v) is 22.2. The van der Waals surface area contributed by atoms with E-state index in [0.29, 0.717) is 6.42 Å². The average Bonchev–Trinajstić information content (AvgIpc) is 2.76. The Labute approximate surface area is 213 Å². The zero-order chi connectivity index (χ0) is 26.4. The second-order valence-electron chi connectivity index (χ2n) is 8.42. The molecule has 2 unspecified atom stereocenters. The van der Waals surface area contributed by atoms with E-state index in [1.54, 1.807) is 24.3 Å². The summed E-state index contributed by atoms with van der Waals surface area (Å²) >= 11 is 3.45. The summed E-state index contributed by atoms with van der Waals surface area (Å²) in [5, 5.41) is 23.1. The Kier molecular flexibility index (Phi) is 13.4. The summed E-state index contributed by atoms with van der Waals surface area (Å²) in [5.41, 5.74) is 0.745. The molecule has 12 heteroatoms. The lowest BCUT2D eigenvalue weighted by Gasteiger charge is -2.23. The Balaban J connectivity index is 2.75. The second kappa shape index (κ2) is 15.4. The maximum absolute atomic E-state index is 12.8. The number of carbonyl (C=O) groups is 5. The number of Topliss-reactive ketones (excluding diaryl/α,β-unsaturated/α-hetero) is 1. The number of hydrogen-bond donors (Lipinski definition) is 4. The molecule has 0 bridgehead atoms. The van der Waals surface area contributed by atoms with Crippen molar-refractivity contribution < 1.29 is 38.9 Å². The van der Waals surface area contributed by atoms with Gasteiger partial charge in [0.05, 0.1) is 0 Å². The van der Waals surface area contributed by atoms with Gasteiger partial charge in [-0.1, -0.05) is 36.8 Å². The number of ketones is 1. The van der Waals surface area contributed by atoms with Crippen molar-refractivity contribution in [2.75, 3.05) is 18.3 Å². The third-order valence-electron chi connectivity index (χ3n) is 4.79. The summed E-state index contributed by atoms with van der Waals surface area (Å²) < 4.78 is 5.14. The molecular weight excluding hydrogens is 544 g/mol. The molecule has 0 aliphatic heterocycles. The summed E-state index contributed by atoms with van der Waals surface area (Å²) in [7, 11) is -1.26. The SMILES string of the molecule is CS(C)(Br)CC(=O)CCC(NC(=O)C(CCCCC(=O)O)NC(=O)OCc1ccccc1)C(=O)O. The van der Waals surface area contributed by atoms with Gasteiger partial charge in [0.25, 0.3) is 0 Å². The standard InChI is InChI=1S/C23H33BrN2O8S/c1-35(2,24)15-17(27)12-13-19(22(31)32)25-21(30)18(10-6-7-11-20(28)29)26-23(33)34-14-16-8-4-3-5-9-16/h3-5,8-9,18-19H,6-7,10-15H2,1-2H3,(H,25,30)(H,26,33)(H,28,29)(H,31,32). The molecule has 0 heterocycles. The van der Waals surface area contributed by atoms with E-state index in [4.69, 9.17) is 9.84 Å². The molecule has 1 rings (SSSR count). The first-order valence-corrected chi connectivity index (χ1v) is 15.5. The molecule has 0 spiro atoms. The molecule has 0 aliphatic rings. The van der Waals surface area contributed by atoms with Crippen LogP contribution in [-0.4, -0.2) is 70.3 Å². The van der Waals surface area contributed by atoms with Gasteiger partial charge in [0.15, 0.2) is 0 Å². The molecule has 35 heavy (non-hydrogen) atoms. The van der Waals surface area contributed by atoms with Gasteiger partial charge in [-0.05, 0) is 52.2 Å². The van der Waals surface area contributed by atoms with Gasteiger partial charge < -0.3 is 25.6 Å². The number of aliphatic carboxylic acids is 2. The number of carboxylic acids is 2. The lowest BCUT2D eigenvalue weighted by molar-refractivity contribution is -0.142. The highest BCUT2D eigenvalue weighted by atomic mass is 79.9. The Hall–Kier alpha value is -2.60. The van der Waals surface area contributed by atoms with E-state index in [9.17, 15) is 29.1 Å². The number of carboxylic acid groups (broad SMARTS) is 2. The van der Waals surface area contributed by atoms with E-state index in [1.807, 2.05) is 18.6 Å². The van der Waals surface area contributed by atoms with Crippen molar-refractivity contribution in [2.45, 2.75) is 57.2 Å². The fourth-order valence-electron chi connectivity index (χ4n) is 3.09. The molecule has 10 nitrogen and oxygen atoms in total. The van der Waals surface area contributed by atoms with Gasteiger partial charge in [0.1, 0.15) is 24.5 Å². The Morgan fingerprint density at radius 1 is 0.943 bits per heavy atom. The molecule has 4 N–H and O–H groups in total. The predicted molar refractivity (Wildman–Crippen MR) is 137 cm³/mol. The van der Waals surface area contributed by atoms with Crippen LogP contribution in [0.3, 0.4) is 0 Å². The fourth-order valence-corrected chi connectivity index (χ4v) is 4.77. The second-order valence-corrected chi connectivity index (χ2v) is 16.8. The topological polar surface area (TPSA) is 159 Å². The van der Waals surface area contributed by atoms with E-state index in [0.717, 1.165) is 5.56 Å². The van der Waals surface area contributed by atoms with E-state index >= 15 is 0 Å². The average molecular weight is 577 g/mol. The largest absolute Gasteiger partial charge is 0.481 e. The molecule has 196 valence electrons. The minimum Gasteiger partial charge on any atom is -0.481 e. The van der Waals surface area contributed by atoms with Crippen molar-refractivity contribution >= 4 is 53.0 Å². The van der Waals surface area contributed by atoms with Crippen LogP contribution in [0.25, 0.3) is 0 Å². The number of nitrogens with one attached hydrogen (secondary N) is 2. The molecule has 1 aromatic carbocycles. The Morgan fingerprint density at radius 3 is 2.17 bits per heavy atom. The molecule has 0 saturated heterocycles. The number of alkyl carbamates (subject to hydrolysis) is 1. The first-order chi connectivity index (χ1) is 16.4. The summed E-state index contributed by atoms with van der Waals surface area (Å²) in [6, 6.07) is 6.47. The van der Waals surface area contributed by atoms with Crippen molar-refractivity contribution in [1.82, 2.24) is 10.6 Å². The molecule has 0 aliphatic carbocycles. The number of ether oxygens (including phenoxy) is 1. The molecule has 0 saturated carbocycles. The number of amides is 2. The molecule has 0 radical (unpaired) electrons. The van der Waals surface area contributed by atoms with E-state index in [1.165, 1.54) is 0 Å². The minimum atomic E-state index is -1.32. The van der Waals surface area contributed by atoms with Crippen LogP contribution in [0.4, 0.5) is 4.79 Å². The van der Waals surface area contributed by atoms with Crippen LogP contribution in [0.2, 0.25) is 0 Å². The summed E-state index contributed by atoms with van der Waals surface area (Å²) in [6.45, 7) is -0.0220. The lowest BCUT2D eigenvalue weighted by Crippen LogP contribution is -2.51. The minimum absolute atomic E-state index is 0.0187. The number of halogens is 1. The van der Waals surface area contributed by atoms with Crippen LogP contribution in [-0.2, 0) is 30.5 Å².